The van der Waals surface area contributed by atoms with Gasteiger partial charge in [-0.3, -0.25) is 9.20 Å². The van der Waals surface area contributed by atoms with Crippen molar-refractivity contribution in [1.29, 1.82) is 0 Å². The number of rotatable bonds is 5. The molecular weight excluding hydrogens is 416 g/mol. The number of aryl methyl sites for hydroxylation is 2. The Morgan fingerprint density at radius 1 is 1.13 bits per heavy atom. The van der Waals surface area contributed by atoms with Crippen LogP contribution in [0.3, 0.4) is 0 Å². The highest BCUT2D eigenvalue weighted by Gasteiger charge is 2.20. The second-order valence-corrected chi connectivity index (χ2v) is 7.92. The first-order valence-electron chi connectivity index (χ1n) is 9.52. The number of methoxy groups -OCH3 is 1. The molecule has 3 aromatic heterocycles. The van der Waals surface area contributed by atoms with Crippen LogP contribution in [-0.4, -0.2) is 36.4 Å². The van der Waals surface area contributed by atoms with Gasteiger partial charge in [0.05, 0.1) is 29.5 Å². The molecular formula is C21H18N6O3S. The fourth-order valence-corrected chi connectivity index (χ4v) is 4.27. The minimum Gasteiger partial charge on any atom is -0.495 e. The highest BCUT2D eigenvalue weighted by Crippen LogP contribution is 2.28. The van der Waals surface area contributed by atoms with E-state index in [4.69, 9.17) is 9.26 Å². The summed E-state index contributed by atoms with van der Waals surface area (Å²) in [6.07, 6.45) is 0. The Bertz CT molecular complexity index is 1490. The lowest BCUT2D eigenvalue weighted by Crippen LogP contribution is -2.22. The van der Waals surface area contributed by atoms with E-state index in [9.17, 15) is 4.79 Å². The van der Waals surface area contributed by atoms with E-state index >= 15 is 0 Å². The number of fused-ring (bicyclic) bond motifs is 3. The molecule has 0 amide bonds. The van der Waals surface area contributed by atoms with Crippen molar-refractivity contribution in [2.45, 2.75) is 24.8 Å². The Morgan fingerprint density at radius 2 is 1.97 bits per heavy atom. The predicted molar refractivity (Wildman–Crippen MR) is 116 cm³/mol. The standard InChI is InChI=1S/C21H18N6O3S/c1-12-8-9-17(29-3)16(10-12)26-19(28)14-6-4-5-7-15(14)27-20(26)23-24-21(27)31-11-18-22-13(2)25-30-18/h4-10H,11H2,1-3H3. The molecule has 0 fully saturated rings. The highest BCUT2D eigenvalue weighted by molar-refractivity contribution is 7.98. The minimum atomic E-state index is -0.191. The molecule has 0 spiro atoms. The number of benzene rings is 2. The first kappa shape index (κ1) is 19.3. The monoisotopic (exact) mass is 434 g/mol. The number of aromatic nitrogens is 6. The fraction of sp³-hybridized carbons (Fsp3) is 0.190. The van der Waals surface area contributed by atoms with Crippen molar-refractivity contribution >= 4 is 28.4 Å². The molecule has 9 nitrogen and oxygen atoms in total. The zero-order chi connectivity index (χ0) is 21.5. The lowest BCUT2D eigenvalue weighted by Gasteiger charge is -2.14. The molecule has 0 saturated carbocycles. The first-order chi connectivity index (χ1) is 15.1. The first-order valence-corrected chi connectivity index (χ1v) is 10.5. The van der Waals surface area contributed by atoms with E-state index in [-0.39, 0.29) is 5.56 Å². The van der Waals surface area contributed by atoms with Crippen LogP contribution in [0.15, 0.2) is 56.9 Å². The Labute approximate surface area is 180 Å². The minimum absolute atomic E-state index is 0.191. The van der Waals surface area contributed by atoms with Crippen LogP contribution in [0.5, 0.6) is 5.75 Å². The van der Waals surface area contributed by atoms with Crippen molar-refractivity contribution in [3.63, 3.8) is 0 Å². The maximum Gasteiger partial charge on any atom is 0.267 e. The molecule has 2 aromatic carbocycles. The van der Waals surface area contributed by atoms with Gasteiger partial charge in [-0.2, -0.15) is 4.98 Å². The number of para-hydroxylation sites is 1. The van der Waals surface area contributed by atoms with E-state index in [2.05, 4.69) is 20.3 Å². The van der Waals surface area contributed by atoms with E-state index in [0.717, 1.165) is 11.1 Å². The van der Waals surface area contributed by atoms with Gasteiger partial charge in [0, 0.05) is 0 Å². The molecule has 0 aliphatic rings. The molecule has 0 radical (unpaired) electrons. The average molecular weight is 434 g/mol. The van der Waals surface area contributed by atoms with Gasteiger partial charge >= 0.3 is 0 Å². The van der Waals surface area contributed by atoms with Crippen molar-refractivity contribution in [2.75, 3.05) is 7.11 Å². The summed E-state index contributed by atoms with van der Waals surface area (Å²) in [5.41, 5.74) is 2.14. The molecule has 5 aromatic rings. The maximum absolute atomic E-state index is 13.5. The van der Waals surface area contributed by atoms with Crippen LogP contribution in [0.2, 0.25) is 0 Å². The SMILES string of the molecule is COc1ccc(C)cc1-n1c(=O)c2ccccc2n2c(SCc3nc(C)no3)nnc12. The van der Waals surface area contributed by atoms with Gasteiger partial charge in [0.2, 0.25) is 11.7 Å². The van der Waals surface area contributed by atoms with Crippen molar-refractivity contribution in [3.05, 3.63) is 70.1 Å². The Morgan fingerprint density at radius 3 is 2.74 bits per heavy atom. The van der Waals surface area contributed by atoms with E-state index in [1.165, 1.54) is 11.8 Å². The Balaban J connectivity index is 1.77. The van der Waals surface area contributed by atoms with Gasteiger partial charge in [0.15, 0.2) is 11.0 Å². The van der Waals surface area contributed by atoms with Gasteiger partial charge in [-0.15, -0.1) is 10.2 Å². The van der Waals surface area contributed by atoms with E-state index in [1.807, 2.05) is 47.7 Å². The fourth-order valence-electron chi connectivity index (χ4n) is 3.49. The van der Waals surface area contributed by atoms with E-state index in [0.29, 0.717) is 45.2 Å². The second kappa shape index (κ2) is 7.55. The summed E-state index contributed by atoms with van der Waals surface area (Å²) in [5, 5.41) is 13.7. The molecule has 0 atom stereocenters. The third-order valence-corrected chi connectivity index (χ3v) is 5.78. The molecule has 31 heavy (non-hydrogen) atoms. The number of hydrogen-bond donors (Lipinski definition) is 0. The van der Waals surface area contributed by atoms with E-state index in [1.54, 1.807) is 24.7 Å². The van der Waals surface area contributed by atoms with Crippen molar-refractivity contribution in [2.24, 2.45) is 0 Å². The van der Waals surface area contributed by atoms with Crippen molar-refractivity contribution in [3.8, 4) is 11.4 Å². The van der Waals surface area contributed by atoms with Gasteiger partial charge in [0.25, 0.3) is 5.56 Å². The normalized spacial score (nSPS) is 11.5. The van der Waals surface area contributed by atoms with Crippen LogP contribution in [0, 0.1) is 13.8 Å². The van der Waals surface area contributed by atoms with E-state index < -0.39 is 0 Å². The molecule has 5 rings (SSSR count). The summed E-state index contributed by atoms with van der Waals surface area (Å²) >= 11 is 1.41. The molecule has 156 valence electrons. The van der Waals surface area contributed by atoms with Crippen molar-refractivity contribution < 1.29 is 9.26 Å². The summed E-state index contributed by atoms with van der Waals surface area (Å²) in [6.45, 7) is 3.73. The number of hydrogen-bond acceptors (Lipinski definition) is 8. The molecule has 0 bridgehead atoms. The quantitative estimate of drug-likeness (QED) is 0.388. The lowest BCUT2D eigenvalue weighted by molar-refractivity contribution is 0.387. The second-order valence-electron chi connectivity index (χ2n) is 6.98. The van der Waals surface area contributed by atoms with Crippen LogP contribution < -0.4 is 10.3 Å². The highest BCUT2D eigenvalue weighted by atomic mass is 32.2. The topological polar surface area (TPSA) is 100 Å². The Hall–Kier alpha value is -3.66. The van der Waals surface area contributed by atoms with Crippen LogP contribution in [0.4, 0.5) is 0 Å². The number of thioether (sulfide) groups is 1. The zero-order valence-electron chi connectivity index (χ0n) is 17.1. The molecule has 0 aliphatic carbocycles. The summed E-state index contributed by atoms with van der Waals surface area (Å²) in [6, 6.07) is 13.1. The van der Waals surface area contributed by atoms with Gasteiger partial charge in [0.1, 0.15) is 5.75 Å². The molecule has 3 heterocycles. The molecule has 0 aliphatic heterocycles. The maximum atomic E-state index is 13.5. The van der Waals surface area contributed by atoms with Crippen LogP contribution in [-0.2, 0) is 5.75 Å². The van der Waals surface area contributed by atoms with Crippen LogP contribution >= 0.6 is 11.8 Å². The lowest BCUT2D eigenvalue weighted by atomic mass is 10.2. The van der Waals surface area contributed by atoms with Crippen LogP contribution in [0.25, 0.3) is 22.4 Å². The third-order valence-electron chi connectivity index (χ3n) is 4.86. The van der Waals surface area contributed by atoms with Gasteiger partial charge in [-0.25, -0.2) is 4.57 Å². The summed E-state index contributed by atoms with van der Waals surface area (Å²) in [5.74, 6) is 2.48. The van der Waals surface area contributed by atoms with Crippen molar-refractivity contribution in [1.82, 2.24) is 29.3 Å². The van der Waals surface area contributed by atoms with Crippen LogP contribution in [0.1, 0.15) is 17.3 Å². The third kappa shape index (κ3) is 3.25. The Kier molecular flexibility index (Phi) is 4.70. The predicted octanol–water partition coefficient (Wildman–Crippen LogP) is 3.33. The summed E-state index contributed by atoms with van der Waals surface area (Å²) in [7, 11) is 1.58. The molecule has 0 unspecified atom stereocenters. The number of ether oxygens (including phenoxy) is 1. The van der Waals surface area contributed by atoms with Gasteiger partial charge in [-0.05, 0) is 43.7 Å². The summed E-state index contributed by atoms with van der Waals surface area (Å²) in [4.78, 5) is 17.7. The largest absolute Gasteiger partial charge is 0.495 e. The molecule has 0 saturated heterocycles. The molecule has 10 heteroatoms. The molecule has 0 N–H and O–H groups in total. The smallest absolute Gasteiger partial charge is 0.267 e. The number of nitrogens with zero attached hydrogens (tertiary/aromatic N) is 6. The van der Waals surface area contributed by atoms with Gasteiger partial charge < -0.3 is 9.26 Å². The average Bonchev–Trinajstić information content (AvgIpc) is 3.39. The zero-order valence-corrected chi connectivity index (χ0v) is 17.9. The van der Waals surface area contributed by atoms with Gasteiger partial charge in [-0.1, -0.05) is 35.1 Å². The summed E-state index contributed by atoms with van der Waals surface area (Å²) < 4.78 is 14.2.